The number of nitriles is 2. The van der Waals surface area contributed by atoms with E-state index in [-0.39, 0.29) is 68.0 Å². The van der Waals surface area contributed by atoms with E-state index >= 15 is 17.6 Å². The zero-order chi connectivity index (χ0) is 60.2. The number of nitrogens with one attached hydrogen (secondary N) is 4. The van der Waals surface area contributed by atoms with Crippen molar-refractivity contribution in [3.05, 3.63) is 198 Å². The summed E-state index contributed by atoms with van der Waals surface area (Å²) in [6.07, 6.45) is 0.786. The number of hydrogen-bond donors (Lipinski definition) is 4. The second kappa shape index (κ2) is 28.0. The third kappa shape index (κ3) is 15.1. The molecule has 0 radical (unpaired) electrons. The standard InChI is InChI=1S/2C32H34Cl2F2N4O.2CH4/c2*1-31(2,3)16-26-32(18-37,23-14-11-20(33)15-25(23)35)27(22-7-6-8-24(34)28(22)36)29(39-26)30(41)38-21-12-9-19(10-13-21)17-40(4)5;;/h2*6-15,26-27,29,39H,16-17H2,1-5H3,(H,38,41);2*1H4/t2*26-,27-,29+,32-;;/m10../s1. The van der Waals surface area contributed by atoms with Gasteiger partial charge in [0.25, 0.3) is 0 Å². The maximum absolute atomic E-state index is 15.8. The van der Waals surface area contributed by atoms with Gasteiger partial charge in [0.05, 0.1) is 34.3 Å². The summed E-state index contributed by atoms with van der Waals surface area (Å²) in [5.74, 6) is -6.10. The van der Waals surface area contributed by atoms with Gasteiger partial charge in [-0.1, -0.05) is 163 Å². The number of carbonyl (C=O) groups is 2. The van der Waals surface area contributed by atoms with Gasteiger partial charge < -0.3 is 31.1 Å². The first kappa shape index (κ1) is 68.7. The van der Waals surface area contributed by atoms with E-state index in [2.05, 4.69) is 33.4 Å². The van der Waals surface area contributed by atoms with Gasteiger partial charge in [-0.25, -0.2) is 17.6 Å². The highest BCUT2D eigenvalue weighted by atomic mass is 35.5. The molecule has 2 fully saturated rings. The molecule has 0 aliphatic carbocycles. The lowest BCUT2D eigenvalue weighted by molar-refractivity contribution is -0.119. The molecule has 0 unspecified atom stereocenters. The summed E-state index contributed by atoms with van der Waals surface area (Å²) in [7, 11) is 7.87. The van der Waals surface area contributed by atoms with E-state index in [1.807, 2.05) is 104 Å². The summed E-state index contributed by atoms with van der Waals surface area (Å²) in [5.41, 5.74) is -0.587. The molecule has 8 atom stereocenters. The highest BCUT2D eigenvalue weighted by Crippen LogP contribution is 2.55. The number of carbonyl (C=O) groups excluding carboxylic acids is 2. The average molecular weight is 1230 g/mol. The Morgan fingerprint density at radius 1 is 0.548 bits per heavy atom. The van der Waals surface area contributed by atoms with Crippen molar-refractivity contribution in [3.8, 4) is 12.1 Å². The molecular formula is C66H76Cl4F4N8O2. The highest BCUT2D eigenvalue weighted by molar-refractivity contribution is 6.31. The van der Waals surface area contributed by atoms with Gasteiger partial charge in [0.2, 0.25) is 11.8 Å². The quantitative estimate of drug-likeness (QED) is 0.0792. The third-order valence-electron chi connectivity index (χ3n) is 14.9. The van der Waals surface area contributed by atoms with Gasteiger partial charge in [-0.3, -0.25) is 9.59 Å². The normalized spacial score (nSPS) is 22.0. The summed E-state index contributed by atoms with van der Waals surface area (Å²) >= 11 is 24.6. The lowest BCUT2D eigenvalue weighted by Crippen LogP contribution is -2.45. The Morgan fingerprint density at radius 2 is 0.881 bits per heavy atom. The molecule has 4 N–H and O–H groups in total. The molecule has 448 valence electrons. The molecule has 2 aliphatic heterocycles. The van der Waals surface area contributed by atoms with Crippen LogP contribution in [-0.2, 0) is 33.5 Å². The number of rotatable bonds is 14. The van der Waals surface area contributed by atoms with Crippen LogP contribution in [0.4, 0.5) is 28.9 Å². The lowest BCUT2D eigenvalue weighted by Gasteiger charge is -2.37. The zero-order valence-electron chi connectivity index (χ0n) is 47.5. The summed E-state index contributed by atoms with van der Waals surface area (Å²) in [6, 6.07) is 33.1. The molecule has 2 aliphatic rings. The Kier molecular flexibility index (Phi) is 22.9. The Bertz CT molecular complexity index is 3160. The van der Waals surface area contributed by atoms with Crippen molar-refractivity contribution in [1.82, 2.24) is 20.4 Å². The molecule has 18 heteroatoms. The van der Waals surface area contributed by atoms with Crippen molar-refractivity contribution in [3.63, 3.8) is 0 Å². The molecule has 0 aromatic heterocycles. The van der Waals surface area contributed by atoms with Crippen LogP contribution in [0.15, 0.2) is 121 Å². The molecule has 6 aromatic rings. The van der Waals surface area contributed by atoms with Crippen LogP contribution < -0.4 is 21.3 Å². The summed E-state index contributed by atoms with van der Waals surface area (Å²) in [5, 5.41) is 34.4. The zero-order valence-corrected chi connectivity index (χ0v) is 50.5. The van der Waals surface area contributed by atoms with Gasteiger partial charge in [0, 0.05) is 69.6 Å². The third-order valence-corrected chi connectivity index (χ3v) is 16.0. The van der Waals surface area contributed by atoms with Crippen LogP contribution in [-0.4, -0.2) is 74.0 Å². The molecule has 2 amide bonds. The fourth-order valence-electron chi connectivity index (χ4n) is 11.7. The van der Waals surface area contributed by atoms with Crippen LogP contribution in [0.2, 0.25) is 20.1 Å². The second-order valence-corrected chi connectivity index (χ2v) is 25.9. The predicted molar refractivity (Wildman–Crippen MR) is 334 cm³/mol. The Balaban J connectivity index is 0.000000300. The first-order valence-corrected chi connectivity index (χ1v) is 28.3. The van der Waals surface area contributed by atoms with Gasteiger partial charge in [-0.05, 0) is 135 Å². The molecule has 84 heavy (non-hydrogen) atoms. The summed E-state index contributed by atoms with van der Waals surface area (Å²) in [6.45, 7) is 13.4. The highest BCUT2D eigenvalue weighted by Gasteiger charge is 2.63. The first-order valence-electron chi connectivity index (χ1n) is 26.8. The monoisotopic (exact) mass is 1230 g/mol. The van der Waals surface area contributed by atoms with Crippen molar-refractivity contribution in [2.24, 2.45) is 10.8 Å². The maximum atomic E-state index is 15.8. The SMILES string of the molecule is C.C.CN(C)Cc1ccc(NC(=O)[C@@H]2N[C@@H](CC(C)(C)C)[C@](C#N)(c3ccc(Cl)cc3F)[C@H]2c2cccc(Cl)c2F)cc1.CN(C)Cc1ccc(NC(=O)[C@H]2N[C@H](CC(C)(C)C)[C@@](C#N)(c3ccc(Cl)cc3F)[C@@H]2c2cccc(Cl)c2F)cc1. The van der Waals surface area contributed by atoms with Crippen LogP contribution >= 0.6 is 46.4 Å². The first-order chi connectivity index (χ1) is 38.5. The van der Waals surface area contributed by atoms with Crippen LogP contribution in [0, 0.1) is 56.8 Å². The molecule has 2 saturated heterocycles. The van der Waals surface area contributed by atoms with Gasteiger partial charge in [0.15, 0.2) is 0 Å². The van der Waals surface area contributed by atoms with E-state index in [0.29, 0.717) is 24.2 Å². The number of hydrogen-bond acceptors (Lipinski definition) is 8. The summed E-state index contributed by atoms with van der Waals surface area (Å²) in [4.78, 5) is 32.0. The number of nitrogens with zero attached hydrogens (tertiary/aromatic N) is 4. The molecular weight excluding hydrogens is 1150 g/mol. The minimum Gasteiger partial charge on any atom is -0.325 e. The van der Waals surface area contributed by atoms with E-state index in [9.17, 15) is 20.1 Å². The molecule has 8 rings (SSSR count). The van der Waals surface area contributed by atoms with E-state index in [1.54, 1.807) is 36.4 Å². The second-order valence-electron chi connectivity index (χ2n) is 24.2. The lowest BCUT2D eigenvalue weighted by atomic mass is 9.62. The number of amides is 2. The molecule has 0 bridgehead atoms. The molecule has 10 nitrogen and oxygen atoms in total. The summed E-state index contributed by atoms with van der Waals surface area (Å²) < 4.78 is 63.0. The minimum absolute atomic E-state index is 0. The van der Waals surface area contributed by atoms with E-state index in [0.717, 1.165) is 36.3 Å². The Morgan fingerprint density at radius 3 is 1.17 bits per heavy atom. The molecule has 0 spiro atoms. The van der Waals surface area contributed by atoms with E-state index in [4.69, 9.17) is 46.4 Å². The molecule has 6 aromatic carbocycles. The molecule has 2 heterocycles. The smallest absolute Gasteiger partial charge is 0.242 e. The fourth-order valence-corrected chi connectivity index (χ4v) is 12.4. The topological polar surface area (TPSA) is 136 Å². The number of anilines is 2. The van der Waals surface area contributed by atoms with Crippen molar-refractivity contribution < 1.29 is 27.2 Å². The number of benzene rings is 6. The van der Waals surface area contributed by atoms with E-state index < -0.39 is 81.9 Å². The van der Waals surface area contributed by atoms with Crippen molar-refractivity contribution >= 4 is 69.6 Å². The van der Waals surface area contributed by atoms with Crippen molar-refractivity contribution in [2.45, 2.75) is 129 Å². The van der Waals surface area contributed by atoms with Gasteiger partial charge in [0.1, 0.15) is 34.1 Å². The van der Waals surface area contributed by atoms with Gasteiger partial charge in [-0.2, -0.15) is 10.5 Å². The van der Waals surface area contributed by atoms with Crippen LogP contribution in [0.1, 0.15) is 114 Å². The fraction of sp³-hybridized carbons (Fsp3) is 0.394. The van der Waals surface area contributed by atoms with Crippen molar-refractivity contribution in [1.29, 1.82) is 10.5 Å². The average Bonchev–Trinajstić information content (AvgIpc) is 2.49. The number of halogens is 8. The predicted octanol–water partition coefficient (Wildman–Crippen LogP) is 15.9. The van der Waals surface area contributed by atoms with Crippen LogP contribution in [0.5, 0.6) is 0 Å². The van der Waals surface area contributed by atoms with Crippen molar-refractivity contribution in [2.75, 3.05) is 38.8 Å². The maximum Gasteiger partial charge on any atom is 0.242 e. The van der Waals surface area contributed by atoms with Gasteiger partial charge >= 0.3 is 0 Å². The Hall–Kier alpha value is -6.04. The van der Waals surface area contributed by atoms with Crippen LogP contribution in [0.25, 0.3) is 0 Å². The Labute approximate surface area is 513 Å². The largest absolute Gasteiger partial charge is 0.325 e. The van der Waals surface area contributed by atoms with E-state index in [1.165, 1.54) is 48.5 Å². The minimum atomic E-state index is -1.68. The molecule has 0 saturated carbocycles. The van der Waals surface area contributed by atoms with Gasteiger partial charge in [-0.15, -0.1) is 0 Å². The van der Waals surface area contributed by atoms with Crippen LogP contribution in [0.3, 0.4) is 0 Å².